The lowest BCUT2D eigenvalue weighted by atomic mass is 10.3. The number of amides is 1. The summed E-state index contributed by atoms with van der Waals surface area (Å²) in [7, 11) is 3.51. The summed E-state index contributed by atoms with van der Waals surface area (Å²) in [5.74, 6) is -0.00275. The van der Waals surface area contributed by atoms with Crippen molar-refractivity contribution >= 4 is 5.91 Å². The third-order valence-electron chi connectivity index (χ3n) is 2.24. The number of carbonyl (C=O) groups excluding carboxylic acids is 1. The predicted molar refractivity (Wildman–Crippen MR) is 64.7 cm³/mol. The highest BCUT2D eigenvalue weighted by molar-refractivity contribution is 5.77. The average molecular weight is 240 g/mol. The molecule has 96 valence electrons. The maximum Gasteiger partial charge on any atom is 0.233 e. The van der Waals surface area contributed by atoms with Gasteiger partial charge in [0.25, 0.3) is 0 Å². The molecule has 1 aromatic rings. The smallest absolute Gasteiger partial charge is 0.233 e. The number of nitrogens with one attached hydrogen (secondary N) is 2. The molecule has 0 unspecified atom stereocenters. The van der Waals surface area contributed by atoms with Crippen molar-refractivity contribution in [3.8, 4) is 0 Å². The number of nitrogens with zero attached hydrogens (tertiary/aromatic N) is 2. The lowest BCUT2D eigenvalue weighted by molar-refractivity contribution is -0.120. The van der Waals surface area contributed by atoms with Crippen molar-refractivity contribution < 1.29 is 9.53 Å². The maximum atomic E-state index is 11.4. The van der Waals surface area contributed by atoms with Crippen LogP contribution >= 0.6 is 0 Å². The van der Waals surface area contributed by atoms with Crippen molar-refractivity contribution in [1.82, 2.24) is 20.4 Å². The highest BCUT2D eigenvalue weighted by atomic mass is 16.5. The van der Waals surface area contributed by atoms with Crippen molar-refractivity contribution in [3.63, 3.8) is 0 Å². The first-order chi connectivity index (χ1) is 8.22. The number of carbonyl (C=O) groups is 1. The molecule has 0 spiro atoms. The van der Waals surface area contributed by atoms with Crippen LogP contribution in [0.1, 0.15) is 5.69 Å². The van der Waals surface area contributed by atoms with E-state index >= 15 is 0 Å². The number of hydrogen-bond donors (Lipinski definition) is 2. The molecule has 0 saturated carbocycles. The minimum absolute atomic E-state index is 0.00275. The molecule has 6 nitrogen and oxygen atoms in total. The minimum atomic E-state index is -0.00275. The molecule has 1 amide bonds. The van der Waals surface area contributed by atoms with E-state index in [1.165, 1.54) is 0 Å². The van der Waals surface area contributed by atoms with Crippen molar-refractivity contribution in [1.29, 1.82) is 0 Å². The summed E-state index contributed by atoms with van der Waals surface area (Å²) >= 11 is 0. The Hall–Kier alpha value is -1.40. The van der Waals surface area contributed by atoms with Crippen molar-refractivity contribution in [2.75, 3.05) is 33.4 Å². The Labute approximate surface area is 101 Å². The zero-order valence-corrected chi connectivity index (χ0v) is 10.4. The van der Waals surface area contributed by atoms with Gasteiger partial charge in [-0.25, -0.2) is 0 Å². The SMILES string of the molecule is COCCNCC(=O)NCCc1ccn(C)n1. The molecule has 1 rings (SSSR count). The van der Waals surface area contributed by atoms with Crippen LogP contribution in [-0.4, -0.2) is 49.0 Å². The van der Waals surface area contributed by atoms with Crippen LogP contribution in [0.3, 0.4) is 0 Å². The molecular weight excluding hydrogens is 220 g/mol. The van der Waals surface area contributed by atoms with E-state index in [0.29, 0.717) is 26.2 Å². The summed E-state index contributed by atoms with van der Waals surface area (Å²) in [5, 5.41) is 10.0. The lowest BCUT2D eigenvalue weighted by Crippen LogP contribution is -2.36. The monoisotopic (exact) mass is 240 g/mol. The molecule has 0 aliphatic rings. The second-order valence-corrected chi connectivity index (χ2v) is 3.75. The number of rotatable bonds is 8. The fourth-order valence-electron chi connectivity index (χ4n) is 1.37. The van der Waals surface area contributed by atoms with Crippen LogP contribution in [-0.2, 0) is 23.0 Å². The molecule has 6 heteroatoms. The quantitative estimate of drug-likeness (QED) is 0.591. The molecule has 0 bridgehead atoms. The fourth-order valence-corrected chi connectivity index (χ4v) is 1.37. The van der Waals surface area contributed by atoms with Crippen LogP contribution < -0.4 is 10.6 Å². The van der Waals surface area contributed by atoms with E-state index in [9.17, 15) is 4.79 Å². The zero-order valence-electron chi connectivity index (χ0n) is 10.4. The van der Waals surface area contributed by atoms with Gasteiger partial charge in [0.05, 0.1) is 18.8 Å². The number of aryl methyl sites for hydroxylation is 1. The van der Waals surface area contributed by atoms with Gasteiger partial charge in [-0.1, -0.05) is 0 Å². The Morgan fingerprint density at radius 2 is 2.35 bits per heavy atom. The number of ether oxygens (including phenoxy) is 1. The fraction of sp³-hybridized carbons (Fsp3) is 0.636. The maximum absolute atomic E-state index is 11.4. The number of methoxy groups -OCH3 is 1. The van der Waals surface area contributed by atoms with Gasteiger partial charge in [-0.3, -0.25) is 9.48 Å². The summed E-state index contributed by atoms with van der Waals surface area (Å²) in [6, 6.07) is 1.95. The van der Waals surface area contributed by atoms with E-state index in [1.54, 1.807) is 11.8 Å². The van der Waals surface area contributed by atoms with Crippen molar-refractivity contribution in [2.45, 2.75) is 6.42 Å². The minimum Gasteiger partial charge on any atom is -0.383 e. The molecular formula is C11H20N4O2. The highest BCUT2D eigenvalue weighted by Crippen LogP contribution is 1.93. The molecule has 17 heavy (non-hydrogen) atoms. The summed E-state index contributed by atoms with van der Waals surface area (Å²) in [6.07, 6.45) is 2.65. The third kappa shape index (κ3) is 6.03. The van der Waals surface area contributed by atoms with E-state index in [0.717, 1.165) is 12.1 Å². The van der Waals surface area contributed by atoms with Gasteiger partial charge in [0.2, 0.25) is 5.91 Å². The summed E-state index contributed by atoms with van der Waals surface area (Å²) in [5.41, 5.74) is 0.986. The Morgan fingerprint density at radius 3 is 3.00 bits per heavy atom. The molecule has 0 atom stereocenters. The molecule has 1 aromatic heterocycles. The average Bonchev–Trinajstić information content (AvgIpc) is 2.71. The zero-order chi connectivity index (χ0) is 12.5. The first kappa shape index (κ1) is 13.7. The number of aromatic nitrogens is 2. The predicted octanol–water partition coefficient (Wildman–Crippen LogP) is -0.685. The molecule has 0 aliphatic heterocycles. The normalized spacial score (nSPS) is 10.5. The third-order valence-corrected chi connectivity index (χ3v) is 2.24. The van der Waals surface area contributed by atoms with Crippen LogP contribution in [0.5, 0.6) is 0 Å². The van der Waals surface area contributed by atoms with Gasteiger partial charge < -0.3 is 15.4 Å². The first-order valence-corrected chi connectivity index (χ1v) is 5.67. The van der Waals surface area contributed by atoms with E-state index in [2.05, 4.69) is 15.7 Å². The van der Waals surface area contributed by atoms with Crippen LogP contribution in [0.2, 0.25) is 0 Å². The Morgan fingerprint density at radius 1 is 1.53 bits per heavy atom. The molecule has 0 aromatic carbocycles. The van der Waals surface area contributed by atoms with Crippen LogP contribution in [0.25, 0.3) is 0 Å². The second kappa shape index (κ2) is 7.81. The Kier molecular flexibility index (Phi) is 6.27. The van der Waals surface area contributed by atoms with Gasteiger partial charge in [0, 0.05) is 39.9 Å². The van der Waals surface area contributed by atoms with E-state index in [4.69, 9.17) is 4.74 Å². The Balaban J connectivity index is 2.04. The van der Waals surface area contributed by atoms with Crippen LogP contribution in [0.4, 0.5) is 0 Å². The molecule has 0 saturated heterocycles. The number of hydrogen-bond acceptors (Lipinski definition) is 4. The van der Waals surface area contributed by atoms with Gasteiger partial charge in [-0.2, -0.15) is 5.10 Å². The molecule has 2 N–H and O–H groups in total. The molecule has 1 heterocycles. The molecule has 0 aliphatic carbocycles. The summed E-state index contributed by atoms with van der Waals surface area (Å²) in [4.78, 5) is 11.4. The first-order valence-electron chi connectivity index (χ1n) is 5.67. The second-order valence-electron chi connectivity index (χ2n) is 3.75. The van der Waals surface area contributed by atoms with Gasteiger partial charge in [-0.15, -0.1) is 0 Å². The summed E-state index contributed by atoms with van der Waals surface area (Å²) in [6.45, 7) is 2.23. The lowest BCUT2D eigenvalue weighted by Gasteiger charge is -2.05. The standard InChI is InChI=1S/C11H20N4O2/c1-15-7-4-10(14-15)3-5-13-11(16)9-12-6-8-17-2/h4,7,12H,3,5-6,8-9H2,1-2H3,(H,13,16). The summed E-state index contributed by atoms with van der Waals surface area (Å²) < 4.78 is 6.61. The van der Waals surface area contributed by atoms with E-state index in [-0.39, 0.29) is 5.91 Å². The van der Waals surface area contributed by atoms with Crippen LogP contribution in [0, 0.1) is 0 Å². The van der Waals surface area contributed by atoms with Gasteiger partial charge in [0.1, 0.15) is 0 Å². The van der Waals surface area contributed by atoms with Gasteiger partial charge in [0.15, 0.2) is 0 Å². The molecule has 0 radical (unpaired) electrons. The van der Waals surface area contributed by atoms with Gasteiger partial charge in [-0.05, 0) is 6.07 Å². The van der Waals surface area contributed by atoms with Crippen molar-refractivity contribution in [2.24, 2.45) is 7.05 Å². The van der Waals surface area contributed by atoms with Crippen molar-refractivity contribution in [3.05, 3.63) is 18.0 Å². The van der Waals surface area contributed by atoms with E-state index < -0.39 is 0 Å². The largest absolute Gasteiger partial charge is 0.383 e. The topological polar surface area (TPSA) is 68.2 Å². The van der Waals surface area contributed by atoms with Crippen LogP contribution in [0.15, 0.2) is 12.3 Å². The Bertz CT molecular complexity index is 338. The molecule has 0 fully saturated rings. The van der Waals surface area contributed by atoms with Gasteiger partial charge >= 0.3 is 0 Å². The highest BCUT2D eigenvalue weighted by Gasteiger charge is 2.01. The van der Waals surface area contributed by atoms with E-state index in [1.807, 2.05) is 19.3 Å².